The van der Waals surface area contributed by atoms with E-state index in [9.17, 15) is 0 Å². The number of hydrogen-bond acceptors (Lipinski definition) is 3. The highest BCUT2D eigenvalue weighted by Gasteiger charge is 1.93. The number of aromatic nitrogens is 1. The van der Waals surface area contributed by atoms with Crippen LogP contribution in [0.2, 0.25) is 0 Å². The molecule has 0 saturated carbocycles. The summed E-state index contributed by atoms with van der Waals surface area (Å²) < 4.78 is 0. The third-order valence-electron chi connectivity index (χ3n) is 1.91. The van der Waals surface area contributed by atoms with Crippen molar-refractivity contribution in [1.29, 1.82) is 0 Å². The molecule has 0 unspecified atom stereocenters. The second kappa shape index (κ2) is 6.43. The normalized spacial score (nSPS) is 15.7. The van der Waals surface area contributed by atoms with Crippen LogP contribution in [0.5, 0.6) is 0 Å². The zero-order valence-corrected chi connectivity index (χ0v) is 7.87. The van der Waals surface area contributed by atoms with E-state index in [4.69, 9.17) is 5.73 Å². The summed E-state index contributed by atoms with van der Waals surface area (Å²) in [7, 11) is 0. The van der Waals surface area contributed by atoms with Gasteiger partial charge in [0.05, 0.1) is 0 Å². The van der Waals surface area contributed by atoms with Crippen LogP contribution in [0.3, 0.4) is 0 Å². The van der Waals surface area contributed by atoms with Crippen LogP contribution in [0, 0.1) is 0 Å². The van der Waals surface area contributed by atoms with E-state index in [-0.39, 0.29) is 0 Å². The second-order valence-electron chi connectivity index (χ2n) is 3.09. The van der Waals surface area contributed by atoms with Gasteiger partial charge in [0.15, 0.2) is 0 Å². The van der Waals surface area contributed by atoms with Gasteiger partial charge in [0.2, 0.25) is 0 Å². The summed E-state index contributed by atoms with van der Waals surface area (Å²) in [5, 5.41) is 3.28. The second-order valence-corrected chi connectivity index (χ2v) is 3.09. The zero-order valence-electron chi connectivity index (χ0n) is 7.87. The topological polar surface area (TPSA) is 50.9 Å². The number of nitrogens with one attached hydrogen (secondary N) is 1. The highest BCUT2D eigenvalue weighted by atomic mass is 14.9. The number of nitrogen functional groups attached to an aromatic ring is 1. The Bertz CT molecular complexity index is 195. The van der Waals surface area contributed by atoms with Crippen molar-refractivity contribution < 1.29 is 0 Å². The molecule has 1 fully saturated rings. The minimum absolute atomic E-state index is 0.759. The minimum atomic E-state index is 0.759. The zero-order chi connectivity index (χ0) is 9.36. The van der Waals surface area contributed by atoms with Crippen LogP contribution in [0.1, 0.15) is 19.3 Å². The van der Waals surface area contributed by atoms with Crippen LogP contribution in [-0.2, 0) is 0 Å². The fraction of sp³-hybridized carbons (Fsp3) is 0.500. The van der Waals surface area contributed by atoms with Crippen LogP contribution < -0.4 is 11.1 Å². The van der Waals surface area contributed by atoms with Gasteiger partial charge in [-0.1, -0.05) is 6.42 Å². The van der Waals surface area contributed by atoms with E-state index < -0.39 is 0 Å². The molecule has 0 radical (unpaired) electrons. The molecular formula is C10H17N3. The predicted molar refractivity (Wildman–Crippen MR) is 55.4 cm³/mol. The first kappa shape index (κ1) is 9.99. The van der Waals surface area contributed by atoms with Gasteiger partial charge in [0, 0.05) is 18.1 Å². The summed E-state index contributed by atoms with van der Waals surface area (Å²) in [4.78, 5) is 3.77. The Labute approximate surface area is 79.4 Å². The van der Waals surface area contributed by atoms with Crippen molar-refractivity contribution in [3.63, 3.8) is 0 Å². The number of anilines is 1. The van der Waals surface area contributed by atoms with Crippen molar-refractivity contribution >= 4 is 5.69 Å². The molecule has 1 saturated heterocycles. The summed E-state index contributed by atoms with van der Waals surface area (Å²) in [5.74, 6) is 0. The summed E-state index contributed by atoms with van der Waals surface area (Å²) in [6, 6.07) is 3.50. The monoisotopic (exact) mass is 179 g/mol. The van der Waals surface area contributed by atoms with E-state index in [1.807, 2.05) is 0 Å². The van der Waals surface area contributed by atoms with Crippen LogP contribution >= 0.6 is 0 Å². The number of nitrogens with zero attached hydrogens (tertiary/aromatic N) is 1. The van der Waals surface area contributed by atoms with E-state index in [1.165, 1.54) is 32.4 Å². The lowest BCUT2D eigenvalue weighted by Gasteiger charge is -2.08. The van der Waals surface area contributed by atoms with Crippen molar-refractivity contribution in [3.05, 3.63) is 24.5 Å². The smallest absolute Gasteiger partial charge is 0.0344 e. The number of nitrogens with two attached hydrogens (primary N) is 1. The lowest BCUT2D eigenvalue weighted by Crippen LogP contribution is -2.21. The van der Waals surface area contributed by atoms with E-state index in [0.29, 0.717) is 0 Å². The Morgan fingerprint density at radius 3 is 1.92 bits per heavy atom. The first-order chi connectivity index (χ1) is 6.39. The van der Waals surface area contributed by atoms with Gasteiger partial charge in [-0.05, 0) is 38.1 Å². The maximum absolute atomic E-state index is 5.32. The fourth-order valence-electron chi connectivity index (χ4n) is 1.17. The van der Waals surface area contributed by atoms with E-state index in [1.54, 1.807) is 24.5 Å². The van der Waals surface area contributed by atoms with E-state index in [2.05, 4.69) is 10.3 Å². The SMILES string of the molecule is C1CCNCC1.Nc1ccncc1. The molecular weight excluding hydrogens is 162 g/mol. The average Bonchev–Trinajstić information content (AvgIpc) is 2.22. The molecule has 1 aromatic rings. The van der Waals surface area contributed by atoms with E-state index in [0.717, 1.165) is 5.69 Å². The van der Waals surface area contributed by atoms with Gasteiger partial charge >= 0.3 is 0 Å². The average molecular weight is 179 g/mol. The van der Waals surface area contributed by atoms with Gasteiger partial charge in [-0.2, -0.15) is 0 Å². The molecule has 13 heavy (non-hydrogen) atoms. The summed E-state index contributed by atoms with van der Waals surface area (Å²) in [6.45, 7) is 2.50. The molecule has 0 aliphatic carbocycles. The Morgan fingerprint density at radius 1 is 1.08 bits per heavy atom. The molecule has 72 valence electrons. The Kier molecular flexibility index (Phi) is 4.94. The van der Waals surface area contributed by atoms with E-state index >= 15 is 0 Å². The first-order valence-corrected chi connectivity index (χ1v) is 4.76. The van der Waals surface area contributed by atoms with Gasteiger partial charge in [-0.3, -0.25) is 4.98 Å². The van der Waals surface area contributed by atoms with Crippen LogP contribution in [0.4, 0.5) is 5.69 Å². The maximum atomic E-state index is 5.32. The van der Waals surface area contributed by atoms with Gasteiger partial charge in [-0.25, -0.2) is 0 Å². The molecule has 1 aliphatic rings. The Morgan fingerprint density at radius 2 is 1.69 bits per heavy atom. The molecule has 0 spiro atoms. The number of piperidine rings is 1. The van der Waals surface area contributed by atoms with Crippen LogP contribution in [0.25, 0.3) is 0 Å². The van der Waals surface area contributed by atoms with Crippen molar-refractivity contribution in [2.75, 3.05) is 18.8 Å². The maximum Gasteiger partial charge on any atom is 0.0344 e. The van der Waals surface area contributed by atoms with Gasteiger partial charge in [-0.15, -0.1) is 0 Å². The number of rotatable bonds is 0. The minimum Gasteiger partial charge on any atom is -0.399 e. The highest BCUT2D eigenvalue weighted by molar-refractivity contribution is 5.33. The molecule has 3 heteroatoms. The highest BCUT2D eigenvalue weighted by Crippen LogP contribution is 1.96. The van der Waals surface area contributed by atoms with Gasteiger partial charge < -0.3 is 11.1 Å². The van der Waals surface area contributed by atoms with Crippen molar-refractivity contribution in [3.8, 4) is 0 Å². The standard InChI is InChI=1S/C5H6N2.C5H11N/c6-5-1-3-7-4-2-5;1-2-4-6-5-3-1/h1-4H,(H2,6,7);6H,1-5H2. The predicted octanol–water partition coefficient (Wildman–Crippen LogP) is 1.42. The third kappa shape index (κ3) is 5.20. The lowest BCUT2D eigenvalue weighted by atomic mass is 10.2. The van der Waals surface area contributed by atoms with Gasteiger partial charge in [0.1, 0.15) is 0 Å². The van der Waals surface area contributed by atoms with Crippen molar-refractivity contribution in [1.82, 2.24) is 10.3 Å². The molecule has 1 aromatic heterocycles. The molecule has 0 atom stereocenters. The fourth-order valence-corrected chi connectivity index (χ4v) is 1.17. The van der Waals surface area contributed by atoms with Crippen molar-refractivity contribution in [2.24, 2.45) is 0 Å². The quantitative estimate of drug-likeness (QED) is 0.633. The molecule has 0 aromatic carbocycles. The molecule has 1 aliphatic heterocycles. The van der Waals surface area contributed by atoms with Crippen LogP contribution in [-0.4, -0.2) is 18.1 Å². The molecule has 2 heterocycles. The number of hydrogen-bond donors (Lipinski definition) is 2. The van der Waals surface area contributed by atoms with Gasteiger partial charge in [0.25, 0.3) is 0 Å². The van der Waals surface area contributed by atoms with Crippen molar-refractivity contribution in [2.45, 2.75) is 19.3 Å². The molecule has 3 N–H and O–H groups in total. The number of pyridine rings is 1. The molecule has 0 bridgehead atoms. The Hall–Kier alpha value is -1.09. The molecule has 2 rings (SSSR count). The first-order valence-electron chi connectivity index (χ1n) is 4.76. The molecule has 0 amide bonds. The summed E-state index contributed by atoms with van der Waals surface area (Å²) >= 11 is 0. The summed E-state index contributed by atoms with van der Waals surface area (Å²) in [6.07, 6.45) is 7.54. The largest absolute Gasteiger partial charge is 0.399 e. The Balaban J connectivity index is 0.000000132. The molecule has 3 nitrogen and oxygen atoms in total. The lowest BCUT2D eigenvalue weighted by molar-refractivity contribution is 0.520. The van der Waals surface area contributed by atoms with Crippen LogP contribution in [0.15, 0.2) is 24.5 Å². The third-order valence-corrected chi connectivity index (χ3v) is 1.91. The summed E-state index contributed by atoms with van der Waals surface area (Å²) in [5.41, 5.74) is 6.08.